The largest absolute Gasteiger partial charge is 0.480 e. The molecule has 2 heterocycles. The number of hydrogen-bond donors (Lipinski definition) is 4. The van der Waals surface area contributed by atoms with Crippen molar-refractivity contribution in [2.24, 2.45) is 0 Å². The lowest BCUT2D eigenvalue weighted by Crippen LogP contribution is -2.44. The first kappa shape index (κ1) is 16.5. The van der Waals surface area contributed by atoms with Crippen molar-refractivity contribution >= 4 is 34.1 Å². The molecule has 2 rings (SSSR count). The van der Waals surface area contributed by atoms with Gasteiger partial charge in [0.2, 0.25) is 6.34 Å². The number of hydrogen-bond acceptors (Lipinski definition) is 3. The van der Waals surface area contributed by atoms with Crippen LogP contribution in [0.4, 0.5) is 0 Å². The third-order valence-electron chi connectivity index (χ3n) is 4.09. The van der Waals surface area contributed by atoms with Gasteiger partial charge in [-0.05, 0) is 41.8 Å². The zero-order valence-corrected chi connectivity index (χ0v) is 14.1. The van der Waals surface area contributed by atoms with Crippen molar-refractivity contribution in [3.8, 4) is 0 Å². The maximum Gasteiger partial charge on any atom is 0.326 e. The number of carboxylic acids is 1. The number of nitrogens with zero attached hydrogens (tertiary/aromatic N) is 1. The van der Waals surface area contributed by atoms with Crippen LogP contribution in [-0.2, 0) is 4.79 Å². The Bertz CT molecular complexity index is 613. The van der Waals surface area contributed by atoms with Gasteiger partial charge >= 0.3 is 5.97 Å². The maximum atomic E-state index is 12.1. The second-order valence-corrected chi connectivity index (χ2v) is 6.67. The molecule has 0 bridgehead atoms. The molecule has 1 aliphatic rings. The van der Waals surface area contributed by atoms with E-state index in [1.807, 2.05) is 18.0 Å². The fourth-order valence-corrected chi connectivity index (χ4v) is 2.74. The van der Waals surface area contributed by atoms with Crippen molar-refractivity contribution in [3.63, 3.8) is 0 Å². The molecule has 0 radical (unpaired) electrons. The Labute approximate surface area is 136 Å². The molecule has 1 aromatic heterocycles. The molecule has 8 heteroatoms. The lowest BCUT2D eigenvalue weighted by atomic mass is 9.93. The van der Waals surface area contributed by atoms with Gasteiger partial charge in [0, 0.05) is 10.7 Å². The summed E-state index contributed by atoms with van der Waals surface area (Å²) >= 11 is 3.24. The van der Waals surface area contributed by atoms with E-state index in [0.29, 0.717) is 18.5 Å². The summed E-state index contributed by atoms with van der Waals surface area (Å²) in [5.74, 6) is -1.45. The van der Waals surface area contributed by atoms with Gasteiger partial charge in [-0.25, -0.2) is 4.79 Å². The lowest BCUT2D eigenvalue weighted by Gasteiger charge is -2.23. The summed E-state index contributed by atoms with van der Waals surface area (Å²) in [6.07, 6.45) is 4.52. The molecule has 0 saturated heterocycles. The molecule has 0 saturated carbocycles. The van der Waals surface area contributed by atoms with Crippen LogP contribution in [0.3, 0.4) is 0 Å². The van der Waals surface area contributed by atoms with E-state index in [0.717, 1.165) is 11.0 Å². The van der Waals surface area contributed by atoms with E-state index >= 15 is 0 Å². The van der Waals surface area contributed by atoms with Crippen molar-refractivity contribution in [3.05, 3.63) is 22.4 Å². The third kappa shape index (κ3) is 3.68. The molecule has 22 heavy (non-hydrogen) atoms. The van der Waals surface area contributed by atoms with Gasteiger partial charge in [-0.15, -0.1) is 0 Å². The maximum absolute atomic E-state index is 12.1. The van der Waals surface area contributed by atoms with Crippen molar-refractivity contribution in [2.45, 2.75) is 31.3 Å². The zero-order chi connectivity index (χ0) is 16.3. The Kier molecular flexibility index (Phi) is 4.90. The number of aromatic nitrogens is 1. The highest BCUT2D eigenvalue weighted by molar-refractivity contribution is 9.10. The molecule has 4 N–H and O–H groups in total. The Morgan fingerprint density at radius 3 is 2.82 bits per heavy atom. The molecule has 120 valence electrons. The van der Waals surface area contributed by atoms with Crippen LogP contribution in [0.2, 0.25) is 0 Å². The van der Waals surface area contributed by atoms with Crippen molar-refractivity contribution in [2.75, 3.05) is 13.6 Å². The molecule has 1 aliphatic heterocycles. The summed E-state index contributed by atoms with van der Waals surface area (Å²) in [5, 5.41) is 15.0. The van der Waals surface area contributed by atoms with E-state index in [4.69, 9.17) is 0 Å². The number of aliphatic carboxylic acids is 1. The van der Waals surface area contributed by atoms with Crippen LogP contribution < -0.4 is 10.6 Å². The lowest BCUT2D eigenvalue weighted by molar-refractivity contribution is -0.565. The van der Waals surface area contributed by atoms with Crippen molar-refractivity contribution in [1.82, 2.24) is 15.6 Å². The zero-order valence-electron chi connectivity index (χ0n) is 12.5. The Morgan fingerprint density at radius 1 is 1.59 bits per heavy atom. The first-order chi connectivity index (χ1) is 10.3. The minimum atomic E-state index is -1.03. The second kappa shape index (κ2) is 6.51. The Hall–Kier alpha value is -1.83. The van der Waals surface area contributed by atoms with E-state index in [9.17, 15) is 14.7 Å². The molecule has 7 nitrogen and oxygen atoms in total. The highest BCUT2D eigenvalue weighted by Gasteiger charge is 2.37. The third-order valence-corrected chi connectivity index (χ3v) is 4.54. The van der Waals surface area contributed by atoms with Crippen molar-refractivity contribution in [1.29, 1.82) is 0 Å². The minimum absolute atomic E-state index is 0.145. The number of halogens is 1. The number of likely N-dealkylation sites (N-methyl/N-ethyl adjacent to an activating group) is 1. The van der Waals surface area contributed by atoms with Crippen LogP contribution in [0.1, 0.15) is 30.3 Å². The summed E-state index contributed by atoms with van der Waals surface area (Å²) in [4.78, 5) is 26.2. The normalized spacial score (nSPS) is 21.9. The number of rotatable bonds is 6. The Morgan fingerprint density at radius 2 is 2.32 bits per heavy atom. The van der Waals surface area contributed by atoms with Gasteiger partial charge < -0.3 is 15.4 Å². The molecule has 0 aliphatic carbocycles. The average Bonchev–Trinajstić information content (AvgIpc) is 3.02. The Balaban J connectivity index is 1.97. The summed E-state index contributed by atoms with van der Waals surface area (Å²) in [6, 6.07) is 0.694. The molecule has 1 aromatic rings. The topological polar surface area (TPSA) is 97.2 Å². The smallest absolute Gasteiger partial charge is 0.326 e. The molecular formula is C14H20BrN4O3+. The number of carboxylic acid groups (broad SMARTS) is 1. The predicted octanol–water partition coefficient (Wildman–Crippen LogP) is 0.773. The molecule has 0 fully saturated rings. The van der Waals surface area contributed by atoms with E-state index in [-0.39, 0.29) is 5.54 Å². The van der Waals surface area contributed by atoms with Gasteiger partial charge in [-0.2, -0.15) is 0 Å². The van der Waals surface area contributed by atoms with Crippen LogP contribution in [0.15, 0.2) is 16.7 Å². The van der Waals surface area contributed by atoms with Crippen LogP contribution in [0, 0.1) is 0 Å². The summed E-state index contributed by atoms with van der Waals surface area (Å²) < 4.78 is 2.78. The number of nitrogens with one attached hydrogen (secondary N) is 3. The molecule has 0 unspecified atom stereocenters. The van der Waals surface area contributed by atoms with Gasteiger partial charge in [0.15, 0.2) is 0 Å². The standard InChI is InChI=1S/C14H19BrN4O3/c1-14(7-16-8-19(14)2)4-3-10(13(21)22)18-12(20)11-5-9(15)6-17-11/h5-6,8,10H,3-4,7H2,1-2H3,(H3,17,18,20,21,22)/p+1/t10-,14-/m0/s1. The fourth-order valence-electron chi connectivity index (χ4n) is 2.40. The molecule has 0 spiro atoms. The summed E-state index contributed by atoms with van der Waals surface area (Å²) in [6.45, 7) is 2.82. The second-order valence-electron chi connectivity index (χ2n) is 5.75. The van der Waals surface area contributed by atoms with Crippen molar-refractivity contribution < 1.29 is 19.3 Å². The van der Waals surface area contributed by atoms with E-state index in [2.05, 4.69) is 38.5 Å². The summed E-state index contributed by atoms with van der Waals surface area (Å²) in [5.41, 5.74) is 0.186. The van der Waals surface area contributed by atoms with Gasteiger partial charge in [0.05, 0.1) is 7.05 Å². The van der Waals surface area contributed by atoms with Crippen LogP contribution in [0.25, 0.3) is 0 Å². The molecule has 0 aromatic carbocycles. The van der Waals surface area contributed by atoms with Gasteiger partial charge in [-0.3, -0.25) is 14.7 Å². The SMILES string of the molecule is C[N+]1=CNC[C@]1(C)CC[C@H](NC(=O)c1cc(Br)c[nH]1)C(=O)O. The number of aromatic amines is 1. The number of amides is 1. The minimum Gasteiger partial charge on any atom is -0.480 e. The number of H-pyrrole nitrogens is 1. The predicted molar refractivity (Wildman–Crippen MR) is 85.3 cm³/mol. The molecular weight excluding hydrogens is 352 g/mol. The molecule has 1 amide bonds. The van der Waals surface area contributed by atoms with E-state index in [1.54, 1.807) is 12.3 Å². The van der Waals surface area contributed by atoms with E-state index < -0.39 is 17.9 Å². The number of carbonyl (C=O) groups is 2. The average molecular weight is 372 g/mol. The van der Waals surface area contributed by atoms with Gasteiger partial charge in [0.25, 0.3) is 5.91 Å². The van der Waals surface area contributed by atoms with Crippen LogP contribution in [-0.4, -0.2) is 58.1 Å². The summed E-state index contributed by atoms with van der Waals surface area (Å²) in [7, 11) is 1.95. The first-order valence-electron chi connectivity index (χ1n) is 6.99. The monoisotopic (exact) mass is 371 g/mol. The van der Waals surface area contributed by atoms with Gasteiger partial charge in [0.1, 0.15) is 23.8 Å². The first-order valence-corrected chi connectivity index (χ1v) is 7.78. The number of carbonyl (C=O) groups excluding carboxylic acids is 1. The van der Waals surface area contributed by atoms with Gasteiger partial charge in [-0.1, -0.05) is 0 Å². The quantitative estimate of drug-likeness (QED) is 0.555. The highest BCUT2D eigenvalue weighted by Crippen LogP contribution is 2.19. The van der Waals surface area contributed by atoms with E-state index in [1.165, 1.54) is 0 Å². The highest BCUT2D eigenvalue weighted by atomic mass is 79.9. The molecule has 2 atom stereocenters. The van der Waals surface area contributed by atoms with Crippen LogP contribution >= 0.6 is 15.9 Å². The fraction of sp³-hybridized carbons (Fsp3) is 0.500. The van der Waals surface area contributed by atoms with Crippen LogP contribution in [0.5, 0.6) is 0 Å².